The third-order valence-electron chi connectivity index (χ3n) is 3.01. The lowest BCUT2D eigenvalue weighted by molar-refractivity contribution is -0.143. The monoisotopic (exact) mass is 353 g/mol. The molecule has 0 bridgehead atoms. The highest BCUT2D eigenvalue weighted by atomic mass is 79.9. The van der Waals surface area contributed by atoms with Crippen molar-refractivity contribution in [2.75, 3.05) is 7.11 Å². The molecule has 5 heteroatoms. The van der Waals surface area contributed by atoms with Crippen molar-refractivity contribution in [3.8, 4) is 0 Å². The molecule has 3 nitrogen and oxygen atoms in total. The van der Waals surface area contributed by atoms with Crippen molar-refractivity contribution < 1.29 is 9.53 Å². The van der Waals surface area contributed by atoms with Gasteiger partial charge in [-0.2, -0.15) is 0 Å². The number of hydrogen-bond acceptors (Lipinski definition) is 4. The van der Waals surface area contributed by atoms with Gasteiger partial charge in [-0.3, -0.25) is 5.32 Å². The topological polar surface area (TPSA) is 38.3 Å². The SMILES string of the molecule is COC(=O)C(NC(C)c1ccc(Br)s1)c1ccccc1. The highest BCUT2D eigenvalue weighted by molar-refractivity contribution is 9.11. The molecular weight excluding hydrogens is 338 g/mol. The third kappa shape index (κ3) is 3.69. The zero-order valence-corrected chi connectivity index (χ0v) is 13.7. The first-order valence-electron chi connectivity index (χ1n) is 6.26. The van der Waals surface area contributed by atoms with Gasteiger partial charge in [-0.15, -0.1) is 11.3 Å². The van der Waals surface area contributed by atoms with Crippen LogP contribution in [0.5, 0.6) is 0 Å². The van der Waals surface area contributed by atoms with Crippen LogP contribution in [0.4, 0.5) is 0 Å². The molecule has 0 aliphatic heterocycles. The van der Waals surface area contributed by atoms with Crippen LogP contribution < -0.4 is 5.32 Å². The summed E-state index contributed by atoms with van der Waals surface area (Å²) in [4.78, 5) is 13.2. The summed E-state index contributed by atoms with van der Waals surface area (Å²) in [7, 11) is 1.41. The quantitative estimate of drug-likeness (QED) is 0.823. The maximum absolute atomic E-state index is 12.0. The van der Waals surface area contributed by atoms with E-state index in [0.717, 1.165) is 9.35 Å². The molecule has 0 saturated heterocycles. The van der Waals surface area contributed by atoms with Gasteiger partial charge >= 0.3 is 5.97 Å². The Balaban J connectivity index is 2.18. The van der Waals surface area contributed by atoms with Gasteiger partial charge in [0, 0.05) is 10.9 Å². The molecule has 1 aromatic carbocycles. The summed E-state index contributed by atoms with van der Waals surface area (Å²) in [5.41, 5.74) is 0.904. The van der Waals surface area contributed by atoms with E-state index in [2.05, 4.69) is 21.2 Å². The van der Waals surface area contributed by atoms with Gasteiger partial charge in [0.25, 0.3) is 0 Å². The minimum Gasteiger partial charge on any atom is -0.468 e. The lowest BCUT2D eigenvalue weighted by Crippen LogP contribution is -2.31. The summed E-state index contributed by atoms with van der Waals surface area (Å²) < 4.78 is 5.98. The molecule has 0 radical (unpaired) electrons. The Bertz CT molecular complexity index is 570. The smallest absolute Gasteiger partial charge is 0.327 e. The Morgan fingerprint density at radius 1 is 1.25 bits per heavy atom. The van der Waals surface area contributed by atoms with Crippen molar-refractivity contribution in [1.82, 2.24) is 5.32 Å². The Morgan fingerprint density at radius 2 is 1.95 bits per heavy atom. The van der Waals surface area contributed by atoms with E-state index in [9.17, 15) is 4.79 Å². The largest absolute Gasteiger partial charge is 0.468 e. The van der Waals surface area contributed by atoms with Gasteiger partial charge in [-0.25, -0.2) is 4.79 Å². The number of benzene rings is 1. The Morgan fingerprint density at radius 3 is 2.50 bits per heavy atom. The van der Waals surface area contributed by atoms with Crippen LogP contribution in [0.1, 0.15) is 29.4 Å². The number of rotatable bonds is 5. The second-order valence-electron chi connectivity index (χ2n) is 4.40. The number of hydrogen-bond donors (Lipinski definition) is 1. The van der Waals surface area contributed by atoms with Crippen molar-refractivity contribution in [1.29, 1.82) is 0 Å². The number of halogens is 1. The highest BCUT2D eigenvalue weighted by Crippen LogP contribution is 2.29. The number of carbonyl (C=O) groups excluding carboxylic acids is 1. The summed E-state index contributed by atoms with van der Waals surface area (Å²) in [6.45, 7) is 2.04. The molecule has 1 aromatic heterocycles. The van der Waals surface area contributed by atoms with Crippen LogP contribution in [-0.2, 0) is 9.53 Å². The Hall–Kier alpha value is -1.17. The average molecular weight is 354 g/mol. The maximum Gasteiger partial charge on any atom is 0.327 e. The van der Waals surface area contributed by atoms with Crippen LogP contribution in [0.15, 0.2) is 46.3 Å². The zero-order valence-electron chi connectivity index (χ0n) is 11.3. The van der Waals surface area contributed by atoms with Crippen molar-refractivity contribution in [2.24, 2.45) is 0 Å². The predicted molar refractivity (Wildman–Crippen MR) is 84.8 cm³/mol. The fourth-order valence-corrected chi connectivity index (χ4v) is 3.39. The molecule has 2 atom stereocenters. The van der Waals surface area contributed by atoms with E-state index >= 15 is 0 Å². The molecule has 0 spiro atoms. The Labute approximate surface area is 131 Å². The standard InChI is InChI=1S/C15H16BrNO2S/c1-10(12-8-9-13(16)20-12)17-14(15(18)19-2)11-6-4-3-5-7-11/h3-10,14,17H,1-2H3. The maximum atomic E-state index is 12.0. The zero-order chi connectivity index (χ0) is 14.5. The molecule has 2 aromatic rings. The Kier molecular flexibility index (Phi) is 5.34. The summed E-state index contributed by atoms with van der Waals surface area (Å²) in [6.07, 6.45) is 0. The molecular formula is C15H16BrNO2S. The van der Waals surface area contributed by atoms with E-state index in [1.807, 2.05) is 49.4 Å². The number of methoxy groups -OCH3 is 1. The van der Waals surface area contributed by atoms with E-state index in [1.165, 1.54) is 12.0 Å². The van der Waals surface area contributed by atoms with E-state index in [4.69, 9.17) is 4.74 Å². The second-order valence-corrected chi connectivity index (χ2v) is 6.89. The van der Waals surface area contributed by atoms with Gasteiger partial charge in [0.1, 0.15) is 6.04 Å². The fraction of sp³-hybridized carbons (Fsp3) is 0.267. The molecule has 0 amide bonds. The molecule has 20 heavy (non-hydrogen) atoms. The first kappa shape index (κ1) is 15.2. The minimum atomic E-state index is -0.461. The molecule has 106 valence electrons. The highest BCUT2D eigenvalue weighted by Gasteiger charge is 2.23. The van der Waals surface area contributed by atoms with Crippen LogP contribution in [0.25, 0.3) is 0 Å². The second kappa shape index (κ2) is 7.02. The normalized spacial score (nSPS) is 13.8. The van der Waals surface area contributed by atoms with Crippen LogP contribution >= 0.6 is 27.3 Å². The molecule has 1 N–H and O–H groups in total. The number of esters is 1. The van der Waals surface area contributed by atoms with Crippen molar-refractivity contribution in [3.05, 3.63) is 56.7 Å². The fourth-order valence-electron chi connectivity index (χ4n) is 1.96. The molecule has 0 aliphatic rings. The first-order chi connectivity index (χ1) is 9.61. The molecule has 2 unspecified atom stereocenters. The first-order valence-corrected chi connectivity index (χ1v) is 7.87. The van der Waals surface area contributed by atoms with Gasteiger partial charge in [-0.1, -0.05) is 30.3 Å². The van der Waals surface area contributed by atoms with E-state index < -0.39 is 6.04 Å². The number of nitrogens with one attached hydrogen (secondary N) is 1. The lowest BCUT2D eigenvalue weighted by atomic mass is 10.1. The van der Waals surface area contributed by atoms with Crippen molar-refractivity contribution in [2.45, 2.75) is 19.0 Å². The summed E-state index contributed by atoms with van der Waals surface area (Å²) in [6, 6.07) is 13.3. The molecule has 2 rings (SSSR count). The van der Waals surface area contributed by atoms with Gasteiger partial charge in [0.2, 0.25) is 0 Å². The number of thiophene rings is 1. The van der Waals surface area contributed by atoms with E-state index in [1.54, 1.807) is 11.3 Å². The molecule has 0 saturated carbocycles. The van der Waals surface area contributed by atoms with Gasteiger partial charge in [0.05, 0.1) is 10.9 Å². The van der Waals surface area contributed by atoms with E-state index in [-0.39, 0.29) is 12.0 Å². The van der Waals surface area contributed by atoms with Gasteiger partial charge in [0.15, 0.2) is 0 Å². The molecule has 0 aliphatic carbocycles. The van der Waals surface area contributed by atoms with Crippen LogP contribution in [0.3, 0.4) is 0 Å². The summed E-state index contributed by atoms with van der Waals surface area (Å²) >= 11 is 5.11. The van der Waals surface area contributed by atoms with Crippen LogP contribution in [-0.4, -0.2) is 13.1 Å². The van der Waals surface area contributed by atoms with E-state index in [0.29, 0.717) is 0 Å². The van der Waals surface area contributed by atoms with Crippen molar-refractivity contribution >= 4 is 33.2 Å². The average Bonchev–Trinajstić information content (AvgIpc) is 2.91. The minimum absolute atomic E-state index is 0.0654. The number of ether oxygens (including phenoxy) is 1. The lowest BCUT2D eigenvalue weighted by Gasteiger charge is -2.21. The molecule has 1 heterocycles. The van der Waals surface area contributed by atoms with Crippen LogP contribution in [0, 0.1) is 0 Å². The van der Waals surface area contributed by atoms with Gasteiger partial charge in [-0.05, 0) is 40.5 Å². The summed E-state index contributed by atoms with van der Waals surface area (Å²) in [5.74, 6) is -0.279. The van der Waals surface area contributed by atoms with Crippen molar-refractivity contribution in [3.63, 3.8) is 0 Å². The molecule has 0 fully saturated rings. The number of carbonyl (C=O) groups is 1. The van der Waals surface area contributed by atoms with Gasteiger partial charge < -0.3 is 4.74 Å². The summed E-state index contributed by atoms with van der Waals surface area (Å²) in [5, 5.41) is 3.33. The third-order valence-corrected chi connectivity index (χ3v) is 4.81. The predicted octanol–water partition coefficient (Wildman–Crippen LogP) is 4.08. The van der Waals surface area contributed by atoms with Crippen LogP contribution in [0.2, 0.25) is 0 Å².